The highest BCUT2D eigenvalue weighted by Gasteiger charge is 2.31. The number of anilines is 2. The van der Waals surface area contributed by atoms with E-state index >= 15 is 0 Å². The number of nitrogens with one attached hydrogen (secondary N) is 1. The molecule has 0 aliphatic rings. The van der Waals surface area contributed by atoms with Gasteiger partial charge in [0.25, 0.3) is 0 Å². The SMILES string of the molecule is O=C(O)c1c(F)c(F)c(Nc2c(F)c(F)cc(F)c2F)c(F)c1F. The summed E-state index contributed by atoms with van der Waals surface area (Å²) >= 11 is 0. The van der Waals surface area contributed by atoms with Gasteiger partial charge in [0.15, 0.2) is 46.5 Å². The molecule has 0 aliphatic heterocycles. The summed E-state index contributed by atoms with van der Waals surface area (Å²) in [5, 5.41) is 9.64. The van der Waals surface area contributed by atoms with E-state index in [0.29, 0.717) is 0 Å². The lowest BCUT2D eigenvalue weighted by Gasteiger charge is -2.13. The van der Waals surface area contributed by atoms with Crippen LogP contribution in [0.4, 0.5) is 46.5 Å². The highest BCUT2D eigenvalue weighted by atomic mass is 19.2. The molecular weight excluding hydrogens is 354 g/mol. The summed E-state index contributed by atoms with van der Waals surface area (Å²) in [5.74, 6) is -20.0. The van der Waals surface area contributed by atoms with Crippen molar-refractivity contribution in [1.29, 1.82) is 0 Å². The molecule has 0 bridgehead atoms. The molecule has 0 saturated carbocycles. The van der Waals surface area contributed by atoms with E-state index in [4.69, 9.17) is 5.11 Å². The molecule has 0 aromatic heterocycles. The maximum Gasteiger partial charge on any atom is 0.341 e. The number of hydrogen-bond acceptors (Lipinski definition) is 2. The van der Waals surface area contributed by atoms with Crippen LogP contribution in [0.15, 0.2) is 6.07 Å². The van der Waals surface area contributed by atoms with E-state index in [9.17, 15) is 39.9 Å². The minimum atomic E-state index is -2.39. The van der Waals surface area contributed by atoms with Crippen molar-refractivity contribution in [2.75, 3.05) is 5.32 Å². The van der Waals surface area contributed by atoms with Gasteiger partial charge in [-0.15, -0.1) is 0 Å². The van der Waals surface area contributed by atoms with E-state index in [1.54, 1.807) is 0 Å². The van der Waals surface area contributed by atoms with E-state index in [0.717, 1.165) is 5.32 Å². The van der Waals surface area contributed by atoms with Crippen molar-refractivity contribution in [2.45, 2.75) is 0 Å². The molecule has 2 aromatic carbocycles. The molecule has 128 valence electrons. The summed E-state index contributed by atoms with van der Waals surface area (Å²) in [6.45, 7) is 0. The molecule has 2 aromatic rings. The third-order valence-corrected chi connectivity index (χ3v) is 2.84. The number of hydrogen-bond donors (Lipinski definition) is 2. The Hall–Kier alpha value is -2.85. The molecule has 2 N–H and O–H groups in total. The molecule has 0 unspecified atom stereocenters. The van der Waals surface area contributed by atoms with Crippen molar-refractivity contribution in [3.8, 4) is 0 Å². The Bertz CT molecular complexity index is 813. The Morgan fingerprint density at radius 1 is 0.708 bits per heavy atom. The first-order valence-corrected chi connectivity index (χ1v) is 5.77. The van der Waals surface area contributed by atoms with Gasteiger partial charge in [-0.25, -0.2) is 39.9 Å². The Balaban J connectivity index is 2.71. The number of rotatable bonds is 3. The van der Waals surface area contributed by atoms with Gasteiger partial charge in [0.1, 0.15) is 16.9 Å². The number of benzene rings is 2. The lowest BCUT2D eigenvalue weighted by atomic mass is 10.1. The zero-order valence-corrected chi connectivity index (χ0v) is 11.0. The van der Waals surface area contributed by atoms with Gasteiger partial charge in [0.2, 0.25) is 0 Å². The van der Waals surface area contributed by atoms with Crippen LogP contribution in [0.2, 0.25) is 0 Å². The van der Waals surface area contributed by atoms with Gasteiger partial charge in [-0.1, -0.05) is 0 Å². The largest absolute Gasteiger partial charge is 0.477 e. The first-order chi connectivity index (χ1) is 11.1. The maximum absolute atomic E-state index is 13.7. The summed E-state index contributed by atoms with van der Waals surface area (Å²) in [6, 6.07) is -0.211. The quantitative estimate of drug-likeness (QED) is 0.638. The molecule has 0 saturated heterocycles. The summed E-state index contributed by atoms with van der Waals surface area (Å²) < 4.78 is 107. The van der Waals surface area contributed by atoms with Crippen LogP contribution in [0.3, 0.4) is 0 Å². The molecule has 3 nitrogen and oxygen atoms in total. The first kappa shape index (κ1) is 17.5. The average molecular weight is 357 g/mol. The number of carboxylic acids is 1. The third kappa shape index (κ3) is 2.61. The van der Waals surface area contributed by atoms with Crippen molar-refractivity contribution in [1.82, 2.24) is 0 Å². The van der Waals surface area contributed by atoms with Crippen LogP contribution in [-0.2, 0) is 0 Å². The highest BCUT2D eigenvalue weighted by molar-refractivity contribution is 5.89. The van der Waals surface area contributed by atoms with Gasteiger partial charge in [0.05, 0.1) is 0 Å². The van der Waals surface area contributed by atoms with Crippen LogP contribution < -0.4 is 5.32 Å². The van der Waals surface area contributed by atoms with E-state index in [1.807, 2.05) is 0 Å². The van der Waals surface area contributed by atoms with Crippen molar-refractivity contribution in [3.05, 3.63) is 58.2 Å². The second kappa shape index (κ2) is 5.98. The molecular formula is C13H3F8NO2. The van der Waals surface area contributed by atoms with Crippen LogP contribution in [0.5, 0.6) is 0 Å². The second-order valence-electron chi connectivity index (χ2n) is 4.28. The Morgan fingerprint density at radius 3 is 1.46 bits per heavy atom. The van der Waals surface area contributed by atoms with Gasteiger partial charge >= 0.3 is 5.97 Å². The fourth-order valence-corrected chi connectivity index (χ4v) is 1.74. The van der Waals surface area contributed by atoms with E-state index in [2.05, 4.69) is 0 Å². The maximum atomic E-state index is 13.7. The van der Waals surface area contributed by atoms with Gasteiger partial charge < -0.3 is 10.4 Å². The van der Waals surface area contributed by atoms with Crippen molar-refractivity contribution in [2.24, 2.45) is 0 Å². The Labute approximate surface area is 127 Å². The third-order valence-electron chi connectivity index (χ3n) is 2.84. The van der Waals surface area contributed by atoms with E-state index in [-0.39, 0.29) is 6.07 Å². The van der Waals surface area contributed by atoms with Crippen LogP contribution in [-0.4, -0.2) is 11.1 Å². The molecule has 2 rings (SSSR count). The molecule has 0 heterocycles. The molecule has 24 heavy (non-hydrogen) atoms. The number of halogens is 8. The first-order valence-electron chi connectivity index (χ1n) is 5.77. The second-order valence-corrected chi connectivity index (χ2v) is 4.28. The zero-order chi connectivity index (χ0) is 18.3. The number of carboxylic acid groups (broad SMARTS) is 1. The molecule has 0 amide bonds. The topological polar surface area (TPSA) is 49.3 Å². The van der Waals surface area contributed by atoms with Gasteiger partial charge in [-0.05, 0) is 0 Å². The normalized spacial score (nSPS) is 10.8. The standard InChI is InChI=1S/C13H3F8NO2/c14-2-1-3(15)6(17)11(5(2)16)22-12-9(20)7(18)4(13(23)24)8(19)10(12)21/h1,22H,(H,23,24). The summed E-state index contributed by atoms with van der Waals surface area (Å²) in [7, 11) is 0. The molecule has 0 radical (unpaired) electrons. The Kier molecular flexibility index (Phi) is 4.36. The lowest BCUT2D eigenvalue weighted by molar-refractivity contribution is 0.0683. The van der Waals surface area contributed by atoms with Crippen LogP contribution in [0.1, 0.15) is 10.4 Å². The zero-order valence-electron chi connectivity index (χ0n) is 11.0. The van der Waals surface area contributed by atoms with E-state index in [1.165, 1.54) is 0 Å². The summed E-state index contributed by atoms with van der Waals surface area (Å²) in [6.07, 6.45) is 0. The van der Waals surface area contributed by atoms with Gasteiger partial charge in [0, 0.05) is 6.07 Å². The van der Waals surface area contributed by atoms with E-state index < -0.39 is 69.4 Å². The molecule has 0 spiro atoms. The summed E-state index contributed by atoms with van der Waals surface area (Å²) in [5.41, 5.74) is -5.65. The van der Waals surface area contributed by atoms with Crippen LogP contribution in [0, 0.1) is 46.5 Å². The monoisotopic (exact) mass is 357 g/mol. The smallest absolute Gasteiger partial charge is 0.341 e. The molecule has 0 atom stereocenters. The number of carbonyl (C=O) groups is 1. The summed E-state index contributed by atoms with van der Waals surface area (Å²) in [4.78, 5) is 10.6. The van der Waals surface area contributed by atoms with Crippen molar-refractivity contribution < 1.29 is 45.0 Å². The lowest BCUT2D eigenvalue weighted by Crippen LogP contribution is -2.14. The molecule has 0 aliphatic carbocycles. The van der Waals surface area contributed by atoms with Gasteiger partial charge in [-0.3, -0.25) is 0 Å². The van der Waals surface area contributed by atoms with Crippen molar-refractivity contribution >= 4 is 17.3 Å². The average Bonchev–Trinajstić information content (AvgIpc) is 2.50. The minimum Gasteiger partial charge on any atom is -0.477 e. The highest BCUT2D eigenvalue weighted by Crippen LogP contribution is 2.33. The fourth-order valence-electron chi connectivity index (χ4n) is 1.74. The fraction of sp³-hybridized carbons (Fsp3) is 0. The molecule has 11 heteroatoms. The molecule has 0 fully saturated rings. The van der Waals surface area contributed by atoms with Gasteiger partial charge in [-0.2, -0.15) is 0 Å². The van der Waals surface area contributed by atoms with Crippen molar-refractivity contribution in [3.63, 3.8) is 0 Å². The number of aromatic carboxylic acids is 1. The predicted molar refractivity (Wildman–Crippen MR) is 62.8 cm³/mol. The predicted octanol–water partition coefficient (Wildman–Crippen LogP) is 4.24. The Morgan fingerprint density at radius 2 is 1.08 bits per heavy atom. The minimum absolute atomic E-state index is 0.211. The van der Waals surface area contributed by atoms with Crippen LogP contribution in [0.25, 0.3) is 0 Å². The van der Waals surface area contributed by atoms with Crippen LogP contribution >= 0.6 is 0 Å².